The Morgan fingerprint density at radius 3 is 2.65 bits per heavy atom. The van der Waals surface area contributed by atoms with Gasteiger partial charge in [0.05, 0.1) is 23.0 Å². The fourth-order valence-corrected chi connectivity index (χ4v) is 5.91. The van der Waals surface area contributed by atoms with Gasteiger partial charge in [-0.1, -0.05) is 30.1 Å². The van der Waals surface area contributed by atoms with Crippen LogP contribution in [0.25, 0.3) is 11.2 Å². The molecule has 3 aromatic rings. The summed E-state index contributed by atoms with van der Waals surface area (Å²) < 4.78 is 16.7. The van der Waals surface area contributed by atoms with E-state index in [1.165, 1.54) is 12.1 Å². The Labute approximate surface area is 224 Å². The number of nitrogens with two attached hydrogens (primary N) is 1. The zero-order valence-corrected chi connectivity index (χ0v) is 22.0. The van der Waals surface area contributed by atoms with Crippen molar-refractivity contribution in [2.24, 2.45) is 11.1 Å². The van der Waals surface area contributed by atoms with E-state index in [4.69, 9.17) is 33.9 Å². The molecule has 0 spiro atoms. The molecule has 1 amide bonds. The fraction of sp³-hybridized carbons (Fsp3) is 0.520. The van der Waals surface area contributed by atoms with Gasteiger partial charge >= 0.3 is 0 Å². The van der Waals surface area contributed by atoms with E-state index in [0.29, 0.717) is 55.2 Å². The molecule has 2 aliphatic rings. The molecule has 0 radical (unpaired) electrons. The number of anilines is 3. The van der Waals surface area contributed by atoms with Crippen molar-refractivity contribution in [2.45, 2.75) is 76.5 Å². The van der Waals surface area contributed by atoms with E-state index in [0.717, 1.165) is 19.3 Å². The molecule has 37 heavy (non-hydrogen) atoms. The van der Waals surface area contributed by atoms with Crippen molar-refractivity contribution in [3.05, 3.63) is 34.2 Å². The third-order valence-corrected chi connectivity index (χ3v) is 8.19. The van der Waals surface area contributed by atoms with E-state index in [9.17, 15) is 14.3 Å². The molecule has 0 aliphatic heterocycles. The molecule has 0 bridgehead atoms. The van der Waals surface area contributed by atoms with Crippen LogP contribution in [0.3, 0.4) is 0 Å². The summed E-state index contributed by atoms with van der Waals surface area (Å²) in [6, 6.07) is 2.65. The molecule has 12 heteroatoms. The lowest BCUT2D eigenvalue weighted by atomic mass is 9.73. The minimum Gasteiger partial charge on any atom is -0.393 e. The topological polar surface area (TPSA) is 131 Å². The molecule has 2 atom stereocenters. The van der Waals surface area contributed by atoms with Gasteiger partial charge in [-0.3, -0.25) is 9.36 Å². The van der Waals surface area contributed by atoms with Crippen LogP contribution in [-0.4, -0.2) is 42.7 Å². The van der Waals surface area contributed by atoms with E-state index >= 15 is 0 Å². The number of carbonyl (C=O) groups is 1. The number of imidazole rings is 1. The van der Waals surface area contributed by atoms with Gasteiger partial charge in [-0.2, -0.15) is 4.98 Å². The largest absolute Gasteiger partial charge is 0.393 e. The first-order valence-corrected chi connectivity index (χ1v) is 13.3. The highest BCUT2D eigenvalue weighted by Crippen LogP contribution is 2.43. The predicted molar refractivity (Wildman–Crippen MR) is 142 cm³/mol. The number of nitrogens with zero attached hydrogens (tertiary/aromatic N) is 4. The Kier molecular flexibility index (Phi) is 7.17. The van der Waals surface area contributed by atoms with Gasteiger partial charge in [0.1, 0.15) is 11.3 Å². The number of aromatic nitrogens is 4. The summed E-state index contributed by atoms with van der Waals surface area (Å²) >= 11 is 12.3. The van der Waals surface area contributed by atoms with Crippen LogP contribution in [-0.2, 0) is 4.79 Å². The third kappa shape index (κ3) is 5.32. The number of halogens is 3. The highest BCUT2D eigenvalue weighted by molar-refractivity contribution is 6.36. The Balaban J connectivity index is 1.52. The van der Waals surface area contributed by atoms with E-state index in [1.807, 2.05) is 11.5 Å². The molecule has 5 N–H and O–H groups in total. The number of primary amides is 1. The van der Waals surface area contributed by atoms with Gasteiger partial charge in [0.2, 0.25) is 17.8 Å². The van der Waals surface area contributed by atoms with Gasteiger partial charge in [0.25, 0.3) is 0 Å². The summed E-state index contributed by atoms with van der Waals surface area (Å²) in [4.78, 5) is 25.9. The van der Waals surface area contributed by atoms with Crippen LogP contribution in [0.4, 0.5) is 22.0 Å². The van der Waals surface area contributed by atoms with Crippen LogP contribution in [0.1, 0.15) is 64.3 Å². The highest BCUT2D eigenvalue weighted by atomic mass is 35.5. The Hall–Kier alpha value is -2.69. The Morgan fingerprint density at radius 2 is 1.97 bits per heavy atom. The average molecular weight is 550 g/mol. The lowest BCUT2D eigenvalue weighted by Gasteiger charge is -2.35. The maximum absolute atomic E-state index is 14.8. The van der Waals surface area contributed by atoms with Gasteiger partial charge in [-0.15, -0.1) is 0 Å². The molecular formula is C25H30Cl2FN7O2. The zero-order valence-electron chi connectivity index (χ0n) is 20.5. The minimum absolute atomic E-state index is 0.0582. The number of nitrogens with one attached hydrogen (secondary N) is 2. The van der Waals surface area contributed by atoms with Crippen molar-refractivity contribution in [1.29, 1.82) is 0 Å². The molecule has 2 heterocycles. The second-order valence-corrected chi connectivity index (χ2v) is 11.2. The average Bonchev–Trinajstić information content (AvgIpc) is 3.19. The summed E-state index contributed by atoms with van der Waals surface area (Å²) in [5.41, 5.74) is 6.26. The van der Waals surface area contributed by atoms with Crippen molar-refractivity contribution >= 4 is 57.9 Å². The maximum atomic E-state index is 14.8. The number of hydrogen-bond donors (Lipinski definition) is 4. The Bertz CT molecular complexity index is 1300. The standard InChI is InChI=1S/C25H30Cl2FN7O2/c1-25(22(29)37)7-5-15(6-8-25)35-21-19(12-30-23(34-21)31-14-3-2-4-16(36)11-14)32-24(35)33-20-17(27)9-13(26)10-18(20)28/h9-10,12,14-16,36H,2-8,11H2,1H3,(H2,29,37)(H,32,33)(H,30,31,34)/t14-,15?,16+,25?/m1/s1. The summed E-state index contributed by atoms with van der Waals surface area (Å²) in [6.07, 6.45) is 7.13. The molecule has 2 saturated carbocycles. The first kappa shape index (κ1) is 25.9. The van der Waals surface area contributed by atoms with E-state index in [2.05, 4.69) is 20.6 Å². The maximum Gasteiger partial charge on any atom is 0.224 e. The van der Waals surface area contributed by atoms with Crippen LogP contribution in [0.5, 0.6) is 0 Å². The first-order chi connectivity index (χ1) is 17.6. The second kappa shape index (κ2) is 10.2. The second-order valence-electron chi connectivity index (χ2n) is 10.4. The minimum atomic E-state index is -0.606. The normalized spacial score (nSPS) is 26.2. The number of rotatable bonds is 6. The molecule has 0 saturated heterocycles. The Morgan fingerprint density at radius 1 is 1.22 bits per heavy atom. The summed E-state index contributed by atoms with van der Waals surface area (Å²) in [7, 11) is 0. The molecule has 1 aromatic carbocycles. The van der Waals surface area contributed by atoms with Crippen LogP contribution >= 0.6 is 23.2 Å². The number of amides is 1. The first-order valence-electron chi connectivity index (χ1n) is 12.5. The molecule has 0 unspecified atom stereocenters. The van der Waals surface area contributed by atoms with E-state index < -0.39 is 11.2 Å². The number of fused-ring (bicyclic) bond motifs is 1. The summed E-state index contributed by atoms with van der Waals surface area (Å²) in [6.45, 7) is 1.89. The quantitative estimate of drug-likeness (QED) is 0.326. The molecule has 2 fully saturated rings. The number of hydrogen-bond acceptors (Lipinski definition) is 7. The monoisotopic (exact) mass is 549 g/mol. The van der Waals surface area contributed by atoms with Crippen molar-refractivity contribution in [3.8, 4) is 0 Å². The SMILES string of the molecule is CC1(C(N)=O)CCC(n2c(Nc3c(F)cc(Cl)cc3Cl)nc3cnc(N[C@@H]4CCC[C@H](O)C4)nc32)CC1. The van der Waals surface area contributed by atoms with Crippen LogP contribution in [0.15, 0.2) is 18.3 Å². The van der Waals surface area contributed by atoms with Crippen molar-refractivity contribution in [1.82, 2.24) is 19.5 Å². The van der Waals surface area contributed by atoms with Gasteiger partial charge in [-0.05, 0) is 63.5 Å². The zero-order chi connectivity index (χ0) is 26.3. The molecule has 198 valence electrons. The molecule has 2 aliphatic carbocycles. The van der Waals surface area contributed by atoms with Crippen molar-refractivity contribution in [2.75, 3.05) is 10.6 Å². The number of aliphatic hydroxyl groups is 1. The lowest BCUT2D eigenvalue weighted by molar-refractivity contribution is -0.128. The van der Waals surface area contributed by atoms with E-state index in [1.54, 1.807) is 6.20 Å². The van der Waals surface area contributed by atoms with Crippen LogP contribution in [0.2, 0.25) is 10.0 Å². The van der Waals surface area contributed by atoms with E-state index in [-0.39, 0.29) is 39.8 Å². The third-order valence-electron chi connectivity index (χ3n) is 7.67. The lowest BCUT2D eigenvalue weighted by Crippen LogP contribution is -2.38. The fourth-order valence-electron chi connectivity index (χ4n) is 5.39. The number of carbonyl (C=O) groups excluding carboxylic acids is 1. The van der Waals surface area contributed by atoms with Crippen LogP contribution in [0, 0.1) is 11.2 Å². The smallest absolute Gasteiger partial charge is 0.224 e. The van der Waals surface area contributed by atoms with Crippen molar-refractivity contribution in [3.63, 3.8) is 0 Å². The summed E-state index contributed by atoms with van der Waals surface area (Å²) in [5, 5.41) is 16.7. The molecular weight excluding hydrogens is 520 g/mol. The van der Waals surface area contributed by atoms with Gasteiger partial charge < -0.3 is 21.5 Å². The van der Waals surface area contributed by atoms with Crippen LogP contribution < -0.4 is 16.4 Å². The molecule has 5 rings (SSSR count). The predicted octanol–water partition coefficient (Wildman–Crippen LogP) is 5.34. The van der Waals surface area contributed by atoms with Crippen molar-refractivity contribution < 1.29 is 14.3 Å². The number of aliphatic hydroxyl groups excluding tert-OH is 1. The van der Waals surface area contributed by atoms with Gasteiger partial charge in [0, 0.05) is 22.5 Å². The molecule has 2 aromatic heterocycles. The molecule has 9 nitrogen and oxygen atoms in total. The van der Waals surface area contributed by atoms with Gasteiger partial charge in [-0.25, -0.2) is 14.4 Å². The number of benzene rings is 1. The summed E-state index contributed by atoms with van der Waals surface area (Å²) in [5.74, 6) is -0.109. The van der Waals surface area contributed by atoms with Gasteiger partial charge in [0.15, 0.2) is 5.65 Å². The highest BCUT2D eigenvalue weighted by Gasteiger charge is 2.38.